The molecule has 5 rings (SSSR count). The van der Waals surface area contributed by atoms with Crippen LogP contribution >= 0.6 is 0 Å². The zero-order valence-corrected chi connectivity index (χ0v) is 17.1. The van der Waals surface area contributed by atoms with Crippen LogP contribution in [0, 0.1) is 5.82 Å². The summed E-state index contributed by atoms with van der Waals surface area (Å²) in [5, 5.41) is 8.48. The van der Waals surface area contributed by atoms with Gasteiger partial charge in [0.1, 0.15) is 5.82 Å². The maximum atomic E-state index is 13.2. The number of fused-ring (bicyclic) bond motifs is 1. The van der Waals surface area contributed by atoms with E-state index in [2.05, 4.69) is 35.8 Å². The molecular formula is C22H21FN8O. The molecule has 2 aromatic heterocycles. The summed E-state index contributed by atoms with van der Waals surface area (Å²) >= 11 is 0. The molecule has 0 unspecified atom stereocenters. The molecule has 0 spiro atoms. The molecule has 1 fully saturated rings. The second-order valence-corrected chi connectivity index (χ2v) is 7.17. The Morgan fingerprint density at radius 2 is 1.78 bits per heavy atom. The van der Waals surface area contributed by atoms with Gasteiger partial charge in [0.25, 0.3) is 0 Å². The van der Waals surface area contributed by atoms with Gasteiger partial charge in [-0.2, -0.15) is 20.1 Å². The fourth-order valence-electron chi connectivity index (χ4n) is 3.40. The van der Waals surface area contributed by atoms with Crippen molar-refractivity contribution in [3.8, 4) is 0 Å². The molecule has 32 heavy (non-hydrogen) atoms. The zero-order chi connectivity index (χ0) is 21.8. The molecule has 9 nitrogen and oxygen atoms in total. The van der Waals surface area contributed by atoms with E-state index in [-0.39, 0.29) is 5.82 Å². The molecule has 2 aromatic carbocycles. The van der Waals surface area contributed by atoms with Crippen molar-refractivity contribution in [2.45, 2.75) is 0 Å². The molecule has 0 atom stereocenters. The quantitative estimate of drug-likeness (QED) is 0.316. The van der Waals surface area contributed by atoms with E-state index in [4.69, 9.17) is 4.74 Å². The summed E-state index contributed by atoms with van der Waals surface area (Å²) in [5.41, 5.74) is 5.54. The summed E-state index contributed by atoms with van der Waals surface area (Å²) < 4.78 is 18.7. The van der Waals surface area contributed by atoms with Crippen molar-refractivity contribution in [1.82, 2.24) is 19.9 Å². The average Bonchev–Trinajstić information content (AvgIpc) is 3.24. The van der Waals surface area contributed by atoms with E-state index in [1.807, 2.05) is 35.4 Å². The number of aromatic amines is 1. The summed E-state index contributed by atoms with van der Waals surface area (Å²) in [6.07, 6.45) is 3.61. The molecule has 0 aliphatic carbocycles. The monoisotopic (exact) mass is 432 g/mol. The highest BCUT2D eigenvalue weighted by molar-refractivity contribution is 5.99. The minimum absolute atomic E-state index is 0.294. The Labute approximate surface area is 183 Å². The number of ether oxygens (including phenoxy) is 1. The smallest absolute Gasteiger partial charge is 0.250 e. The van der Waals surface area contributed by atoms with Crippen LogP contribution in [-0.2, 0) is 4.74 Å². The van der Waals surface area contributed by atoms with Gasteiger partial charge in [-0.25, -0.2) is 9.82 Å². The maximum absolute atomic E-state index is 13.2. The van der Waals surface area contributed by atoms with Gasteiger partial charge >= 0.3 is 0 Å². The van der Waals surface area contributed by atoms with E-state index in [0.29, 0.717) is 49.8 Å². The summed E-state index contributed by atoms with van der Waals surface area (Å²) in [7, 11) is 0. The van der Waals surface area contributed by atoms with E-state index in [0.717, 1.165) is 16.5 Å². The third kappa shape index (κ3) is 4.49. The second-order valence-electron chi connectivity index (χ2n) is 7.17. The summed E-state index contributed by atoms with van der Waals surface area (Å²) in [5.74, 6) is 0.826. The van der Waals surface area contributed by atoms with Crippen molar-refractivity contribution >= 4 is 40.6 Å². The summed E-state index contributed by atoms with van der Waals surface area (Å²) in [6.45, 7) is 2.57. The number of morpholine rings is 1. The number of rotatable bonds is 6. The number of nitrogens with one attached hydrogen (secondary N) is 3. The molecule has 1 saturated heterocycles. The van der Waals surface area contributed by atoms with Gasteiger partial charge in [0.2, 0.25) is 17.8 Å². The lowest BCUT2D eigenvalue weighted by molar-refractivity contribution is 0.122. The van der Waals surface area contributed by atoms with E-state index in [1.165, 1.54) is 12.1 Å². The van der Waals surface area contributed by atoms with Crippen molar-refractivity contribution < 1.29 is 9.13 Å². The first-order chi connectivity index (χ1) is 15.7. The molecule has 0 bridgehead atoms. The van der Waals surface area contributed by atoms with Crippen LogP contribution < -0.4 is 15.6 Å². The van der Waals surface area contributed by atoms with Crippen LogP contribution in [0.1, 0.15) is 5.56 Å². The van der Waals surface area contributed by atoms with Crippen LogP contribution in [0.25, 0.3) is 10.9 Å². The second kappa shape index (κ2) is 8.98. The number of halogens is 1. The molecule has 3 N–H and O–H groups in total. The summed E-state index contributed by atoms with van der Waals surface area (Å²) in [4.78, 5) is 18.7. The Bertz CT molecular complexity index is 1230. The van der Waals surface area contributed by atoms with Crippen molar-refractivity contribution in [3.63, 3.8) is 0 Å². The van der Waals surface area contributed by atoms with Crippen LogP contribution in [0.2, 0.25) is 0 Å². The number of nitrogens with zero attached hydrogens (tertiary/aromatic N) is 5. The number of aromatic nitrogens is 4. The molecule has 3 heterocycles. The van der Waals surface area contributed by atoms with Gasteiger partial charge in [0.05, 0.1) is 19.4 Å². The highest BCUT2D eigenvalue weighted by atomic mass is 19.1. The predicted octanol–water partition coefficient (Wildman–Crippen LogP) is 3.52. The molecule has 0 saturated carbocycles. The lowest BCUT2D eigenvalue weighted by Crippen LogP contribution is -2.37. The minimum atomic E-state index is -0.311. The van der Waals surface area contributed by atoms with Crippen LogP contribution in [0.4, 0.5) is 27.9 Å². The van der Waals surface area contributed by atoms with Gasteiger partial charge in [-0.15, -0.1) is 0 Å². The number of hydrogen-bond donors (Lipinski definition) is 3. The topological polar surface area (TPSA) is 103 Å². The molecule has 1 aliphatic heterocycles. The van der Waals surface area contributed by atoms with Crippen molar-refractivity contribution in [2.75, 3.05) is 41.9 Å². The van der Waals surface area contributed by atoms with Crippen molar-refractivity contribution in [3.05, 3.63) is 66.1 Å². The van der Waals surface area contributed by atoms with Gasteiger partial charge in [-0.3, -0.25) is 0 Å². The zero-order valence-electron chi connectivity index (χ0n) is 17.1. The fourth-order valence-corrected chi connectivity index (χ4v) is 3.40. The first kappa shape index (κ1) is 19.9. The van der Waals surface area contributed by atoms with Gasteiger partial charge in [0, 0.05) is 41.4 Å². The third-order valence-corrected chi connectivity index (χ3v) is 5.01. The Morgan fingerprint density at radius 3 is 2.62 bits per heavy atom. The Kier molecular flexibility index (Phi) is 5.58. The minimum Gasteiger partial charge on any atom is -0.378 e. The Balaban J connectivity index is 1.40. The van der Waals surface area contributed by atoms with E-state index < -0.39 is 0 Å². The Hall–Kier alpha value is -4.05. The van der Waals surface area contributed by atoms with Gasteiger partial charge in [-0.05, 0) is 30.3 Å². The number of para-hydroxylation sites is 1. The van der Waals surface area contributed by atoms with Crippen molar-refractivity contribution in [1.29, 1.82) is 0 Å². The van der Waals surface area contributed by atoms with E-state index >= 15 is 0 Å². The van der Waals surface area contributed by atoms with Crippen LogP contribution in [-0.4, -0.2) is 52.5 Å². The van der Waals surface area contributed by atoms with Gasteiger partial charge in [-0.1, -0.05) is 18.2 Å². The highest BCUT2D eigenvalue weighted by Gasteiger charge is 2.16. The van der Waals surface area contributed by atoms with Crippen LogP contribution in [0.3, 0.4) is 0 Å². The standard InChI is InChI=1S/C22H21FN8O/c23-16-5-7-17(8-6-16)26-20-27-21(29-22(28-20)31-9-11-32-12-10-31)30-25-14-15-13-24-19-4-2-1-3-18(15)19/h1-8,13-14,24H,9-12H2,(H2,26,27,28,29,30). The third-order valence-electron chi connectivity index (χ3n) is 5.01. The molecule has 4 aromatic rings. The van der Waals surface area contributed by atoms with Crippen molar-refractivity contribution in [2.24, 2.45) is 5.10 Å². The predicted molar refractivity (Wildman–Crippen MR) is 122 cm³/mol. The van der Waals surface area contributed by atoms with Crippen LogP contribution in [0.15, 0.2) is 59.8 Å². The normalized spacial score (nSPS) is 14.2. The fraction of sp³-hybridized carbons (Fsp3) is 0.182. The molecule has 162 valence electrons. The number of anilines is 4. The largest absolute Gasteiger partial charge is 0.378 e. The lowest BCUT2D eigenvalue weighted by Gasteiger charge is -2.27. The number of benzene rings is 2. The average molecular weight is 432 g/mol. The van der Waals surface area contributed by atoms with E-state index in [9.17, 15) is 4.39 Å². The number of H-pyrrole nitrogens is 1. The van der Waals surface area contributed by atoms with Gasteiger partial charge < -0.3 is 19.9 Å². The molecule has 0 radical (unpaired) electrons. The molecule has 10 heteroatoms. The van der Waals surface area contributed by atoms with E-state index in [1.54, 1.807) is 18.3 Å². The maximum Gasteiger partial charge on any atom is 0.250 e. The SMILES string of the molecule is Fc1ccc(Nc2nc(NN=Cc3c[nH]c4ccccc34)nc(N3CCOCC3)n2)cc1. The first-order valence-electron chi connectivity index (χ1n) is 10.2. The molecule has 0 amide bonds. The number of hydrogen-bond acceptors (Lipinski definition) is 8. The molecular weight excluding hydrogens is 411 g/mol. The molecule has 1 aliphatic rings. The lowest BCUT2D eigenvalue weighted by atomic mass is 10.2. The summed E-state index contributed by atoms with van der Waals surface area (Å²) in [6, 6.07) is 14.0. The van der Waals surface area contributed by atoms with Crippen LogP contribution in [0.5, 0.6) is 0 Å². The highest BCUT2D eigenvalue weighted by Crippen LogP contribution is 2.19. The van der Waals surface area contributed by atoms with Gasteiger partial charge in [0.15, 0.2) is 0 Å². The number of hydrazone groups is 1. The Morgan fingerprint density at radius 1 is 1.00 bits per heavy atom. The first-order valence-corrected chi connectivity index (χ1v) is 10.2.